The Morgan fingerprint density at radius 1 is 1.56 bits per heavy atom. The highest BCUT2D eigenvalue weighted by Crippen LogP contribution is 2.38. The van der Waals surface area contributed by atoms with Crippen molar-refractivity contribution in [2.45, 2.75) is 32.2 Å². The lowest BCUT2D eigenvalue weighted by Crippen LogP contribution is -2.15. The number of nitrogens with one attached hydrogen (secondary N) is 1. The molecule has 3 N–H and O–H groups in total. The van der Waals surface area contributed by atoms with Crippen molar-refractivity contribution in [2.24, 2.45) is 11.7 Å². The second kappa shape index (κ2) is 5.57. The fraction of sp³-hybridized carbons (Fsp3) is 0.500. The molecule has 4 heteroatoms. The molecule has 0 aliphatic heterocycles. The first-order valence-corrected chi connectivity index (χ1v) is 6.81. The Hall–Kier alpha value is -1.29. The molecule has 1 aliphatic carbocycles. The summed E-state index contributed by atoms with van der Waals surface area (Å²) in [6.07, 6.45) is 3.76. The van der Waals surface area contributed by atoms with Crippen LogP contribution in [0.25, 0.3) is 0 Å². The number of nitrogens with two attached hydrogens (primary N) is 1. The highest BCUT2D eigenvalue weighted by atomic mass is 32.1. The summed E-state index contributed by atoms with van der Waals surface area (Å²) >= 11 is 5.08. The van der Waals surface area contributed by atoms with Crippen molar-refractivity contribution in [1.82, 2.24) is 0 Å². The van der Waals surface area contributed by atoms with E-state index in [2.05, 4.69) is 12.2 Å². The van der Waals surface area contributed by atoms with E-state index in [-0.39, 0.29) is 0 Å². The molecule has 1 fully saturated rings. The van der Waals surface area contributed by atoms with Gasteiger partial charge in [0.05, 0.1) is 7.11 Å². The molecule has 18 heavy (non-hydrogen) atoms. The zero-order chi connectivity index (χ0) is 13.1. The summed E-state index contributed by atoms with van der Waals surface area (Å²) in [5.41, 5.74) is 7.63. The first-order valence-electron chi connectivity index (χ1n) is 6.40. The molecule has 0 saturated heterocycles. The van der Waals surface area contributed by atoms with Gasteiger partial charge in [0.1, 0.15) is 10.7 Å². The Morgan fingerprint density at radius 3 is 2.94 bits per heavy atom. The standard InChI is InChI=1S/C14H20N2OS/c1-3-4-9-7-12(9)16-13-8-10(17-2)5-6-11(13)14(15)18/h5-6,8-9,12,16H,3-4,7H2,1-2H3,(H2,15,18). The average Bonchev–Trinajstić information content (AvgIpc) is 3.07. The lowest BCUT2D eigenvalue weighted by atomic mass is 10.1. The minimum Gasteiger partial charge on any atom is -0.497 e. The van der Waals surface area contributed by atoms with Gasteiger partial charge in [-0.3, -0.25) is 0 Å². The summed E-state index contributed by atoms with van der Waals surface area (Å²) in [6.45, 7) is 2.22. The number of thiocarbonyl (C=S) groups is 1. The highest BCUT2D eigenvalue weighted by molar-refractivity contribution is 7.80. The maximum absolute atomic E-state index is 5.75. The van der Waals surface area contributed by atoms with Crippen LogP contribution in [0.15, 0.2) is 18.2 Å². The van der Waals surface area contributed by atoms with Crippen molar-refractivity contribution >= 4 is 22.9 Å². The molecule has 1 aliphatic rings. The summed E-state index contributed by atoms with van der Waals surface area (Å²) in [4.78, 5) is 0.424. The van der Waals surface area contributed by atoms with Gasteiger partial charge < -0.3 is 15.8 Å². The van der Waals surface area contributed by atoms with Gasteiger partial charge in [-0.25, -0.2) is 0 Å². The van der Waals surface area contributed by atoms with Gasteiger partial charge in [0.2, 0.25) is 0 Å². The topological polar surface area (TPSA) is 47.3 Å². The van der Waals surface area contributed by atoms with Crippen molar-refractivity contribution < 1.29 is 4.74 Å². The molecule has 0 radical (unpaired) electrons. The number of ether oxygens (including phenoxy) is 1. The van der Waals surface area contributed by atoms with E-state index in [4.69, 9.17) is 22.7 Å². The van der Waals surface area contributed by atoms with Crippen LogP contribution < -0.4 is 15.8 Å². The number of hydrogen-bond acceptors (Lipinski definition) is 3. The van der Waals surface area contributed by atoms with E-state index in [1.165, 1.54) is 19.3 Å². The lowest BCUT2D eigenvalue weighted by molar-refractivity contribution is 0.415. The average molecular weight is 264 g/mol. The molecule has 0 amide bonds. The first-order chi connectivity index (χ1) is 8.65. The minimum absolute atomic E-state index is 0.424. The van der Waals surface area contributed by atoms with Crippen LogP contribution in [0.4, 0.5) is 5.69 Å². The number of rotatable bonds is 6. The van der Waals surface area contributed by atoms with Gasteiger partial charge in [-0.1, -0.05) is 25.6 Å². The van der Waals surface area contributed by atoms with Crippen molar-refractivity contribution in [2.75, 3.05) is 12.4 Å². The van der Waals surface area contributed by atoms with Crippen molar-refractivity contribution in [3.63, 3.8) is 0 Å². The van der Waals surface area contributed by atoms with Crippen LogP contribution in [0.3, 0.4) is 0 Å². The predicted molar refractivity (Wildman–Crippen MR) is 79.3 cm³/mol. The molecule has 1 saturated carbocycles. The Balaban J connectivity index is 2.12. The molecule has 0 heterocycles. The summed E-state index contributed by atoms with van der Waals surface area (Å²) in [7, 11) is 1.66. The normalized spacial score (nSPS) is 21.4. The number of hydrogen-bond donors (Lipinski definition) is 2. The van der Waals surface area contributed by atoms with Crippen LogP contribution in [-0.2, 0) is 0 Å². The number of methoxy groups -OCH3 is 1. The molecule has 1 aromatic carbocycles. The van der Waals surface area contributed by atoms with E-state index < -0.39 is 0 Å². The monoisotopic (exact) mass is 264 g/mol. The fourth-order valence-corrected chi connectivity index (χ4v) is 2.48. The summed E-state index contributed by atoms with van der Waals surface area (Å²) in [5.74, 6) is 1.62. The molecular weight excluding hydrogens is 244 g/mol. The summed E-state index contributed by atoms with van der Waals surface area (Å²) in [6, 6.07) is 6.33. The quantitative estimate of drug-likeness (QED) is 0.776. The van der Waals surface area contributed by atoms with Gasteiger partial charge in [0, 0.05) is 23.4 Å². The highest BCUT2D eigenvalue weighted by Gasteiger charge is 2.36. The molecule has 0 aromatic heterocycles. The van der Waals surface area contributed by atoms with Gasteiger partial charge in [-0.05, 0) is 30.9 Å². The molecule has 98 valence electrons. The molecule has 1 aromatic rings. The fourth-order valence-electron chi connectivity index (χ4n) is 2.30. The van der Waals surface area contributed by atoms with Gasteiger partial charge in [0.15, 0.2) is 0 Å². The number of anilines is 1. The summed E-state index contributed by atoms with van der Waals surface area (Å²) < 4.78 is 5.24. The van der Waals surface area contributed by atoms with Crippen molar-refractivity contribution in [3.8, 4) is 5.75 Å². The maximum atomic E-state index is 5.75. The summed E-state index contributed by atoms with van der Waals surface area (Å²) in [5, 5.41) is 3.53. The zero-order valence-electron chi connectivity index (χ0n) is 10.9. The van der Waals surface area contributed by atoms with Gasteiger partial charge >= 0.3 is 0 Å². The second-order valence-electron chi connectivity index (χ2n) is 4.81. The van der Waals surface area contributed by atoms with E-state index in [0.29, 0.717) is 11.0 Å². The Morgan fingerprint density at radius 2 is 2.33 bits per heavy atom. The van der Waals surface area contributed by atoms with E-state index in [1.54, 1.807) is 7.11 Å². The third-order valence-corrected chi connectivity index (χ3v) is 3.64. The van der Waals surface area contributed by atoms with E-state index >= 15 is 0 Å². The van der Waals surface area contributed by atoms with Gasteiger partial charge in [0.25, 0.3) is 0 Å². The SMILES string of the molecule is CCCC1CC1Nc1cc(OC)ccc1C(N)=S. The van der Waals surface area contributed by atoms with Crippen molar-refractivity contribution in [1.29, 1.82) is 0 Å². The predicted octanol–water partition coefficient (Wildman–Crippen LogP) is 2.93. The zero-order valence-corrected chi connectivity index (χ0v) is 11.7. The minimum atomic E-state index is 0.424. The maximum Gasteiger partial charge on any atom is 0.120 e. The van der Waals surface area contributed by atoms with Crippen LogP contribution in [0.2, 0.25) is 0 Å². The van der Waals surface area contributed by atoms with E-state index in [9.17, 15) is 0 Å². The Bertz CT molecular complexity index is 447. The molecule has 2 unspecified atom stereocenters. The molecule has 0 spiro atoms. The number of benzene rings is 1. The van der Waals surface area contributed by atoms with Crippen LogP contribution >= 0.6 is 12.2 Å². The molecule has 2 atom stereocenters. The molecule has 2 rings (SSSR count). The van der Waals surface area contributed by atoms with Gasteiger partial charge in [-0.2, -0.15) is 0 Å². The Kier molecular flexibility index (Phi) is 4.07. The molecule has 3 nitrogen and oxygen atoms in total. The van der Waals surface area contributed by atoms with E-state index in [1.807, 2.05) is 18.2 Å². The van der Waals surface area contributed by atoms with Gasteiger partial charge in [-0.15, -0.1) is 0 Å². The Labute approximate surface area is 114 Å². The van der Waals surface area contributed by atoms with Crippen LogP contribution in [0, 0.1) is 5.92 Å². The lowest BCUT2D eigenvalue weighted by Gasteiger charge is -2.12. The van der Waals surface area contributed by atoms with Crippen LogP contribution in [-0.4, -0.2) is 18.1 Å². The molecular formula is C14H20N2OS. The third kappa shape index (κ3) is 2.93. The van der Waals surface area contributed by atoms with Crippen LogP contribution in [0.1, 0.15) is 31.7 Å². The molecule has 0 bridgehead atoms. The van der Waals surface area contributed by atoms with Crippen molar-refractivity contribution in [3.05, 3.63) is 23.8 Å². The second-order valence-corrected chi connectivity index (χ2v) is 5.25. The smallest absolute Gasteiger partial charge is 0.120 e. The largest absolute Gasteiger partial charge is 0.497 e. The van der Waals surface area contributed by atoms with Crippen LogP contribution in [0.5, 0.6) is 5.75 Å². The first kappa shape index (κ1) is 13.1. The van der Waals surface area contributed by atoms with E-state index in [0.717, 1.165) is 22.9 Å². The third-order valence-electron chi connectivity index (χ3n) is 3.42.